The molecule has 0 radical (unpaired) electrons. The topological polar surface area (TPSA) is 49.6 Å². The van der Waals surface area contributed by atoms with Gasteiger partial charge in [-0.3, -0.25) is 9.69 Å². The van der Waals surface area contributed by atoms with Gasteiger partial charge in [0.2, 0.25) is 5.89 Å². The number of carbonyl (C=O) groups is 1. The third kappa shape index (κ3) is 3.45. The number of halogens is 1. The van der Waals surface area contributed by atoms with Gasteiger partial charge in [-0.05, 0) is 57.3 Å². The lowest BCUT2D eigenvalue weighted by Crippen LogP contribution is -2.58. The number of likely N-dealkylation sites (N-methyl/N-ethyl adjacent to an activating group) is 1. The monoisotopic (exact) mass is 383 g/mol. The highest BCUT2D eigenvalue weighted by atomic mass is 35.5. The fraction of sp³-hybridized carbons (Fsp3) is 0.333. The van der Waals surface area contributed by atoms with Crippen LogP contribution in [0.4, 0.5) is 0 Å². The van der Waals surface area contributed by atoms with Gasteiger partial charge in [-0.1, -0.05) is 17.7 Å². The zero-order valence-corrected chi connectivity index (χ0v) is 16.5. The largest absolute Gasteiger partial charge is 0.436 e. The van der Waals surface area contributed by atoms with Crippen LogP contribution in [-0.2, 0) is 0 Å². The van der Waals surface area contributed by atoms with E-state index in [1.54, 1.807) is 6.07 Å². The number of hydrogen-bond donors (Lipinski definition) is 0. The molecule has 1 fully saturated rings. The van der Waals surface area contributed by atoms with Crippen LogP contribution in [-0.4, -0.2) is 52.9 Å². The maximum atomic E-state index is 13.0. The number of hydrogen-bond acceptors (Lipinski definition) is 4. The van der Waals surface area contributed by atoms with Crippen LogP contribution in [0, 0.1) is 0 Å². The minimum atomic E-state index is -0.0361. The average Bonchev–Trinajstić information content (AvgIpc) is 3.06. The molecule has 1 aliphatic heterocycles. The fourth-order valence-corrected chi connectivity index (χ4v) is 3.59. The molecule has 2 heterocycles. The number of piperazine rings is 1. The van der Waals surface area contributed by atoms with Crippen molar-refractivity contribution >= 4 is 28.6 Å². The second kappa shape index (κ2) is 6.66. The molecule has 0 bridgehead atoms. The Morgan fingerprint density at radius 2 is 2.00 bits per heavy atom. The first-order chi connectivity index (χ1) is 12.8. The molecule has 0 unspecified atom stereocenters. The molecule has 4 rings (SSSR count). The third-order valence-corrected chi connectivity index (χ3v) is 5.54. The summed E-state index contributed by atoms with van der Waals surface area (Å²) in [6, 6.07) is 12.8. The van der Waals surface area contributed by atoms with Crippen LogP contribution in [0.2, 0.25) is 5.02 Å². The van der Waals surface area contributed by atoms with Crippen molar-refractivity contribution in [3.63, 3.8) is 0 Å². The first-order valence-electron chi connectivity index (χ1n) is 9.00. The van der Waals surface area contributed by atoms with Crippen LogP contribution < -0.4 is 0 Å². The highest BCUT2D eigenvalue weighted by Crippen LogP contribution is 2.27. The van der Waals surface area contributed by atoms with Crippen molar-refractivity contribution in [1.82, 2.24) is 14.8 Å². The SMILES string of the molecule is CN1CCN(C(=O)c2ccc3oc(-c4cccc(Cl)c4)nc3c2)CC1(C)C. The van der Waals surface area contributed by atoms with Gasteiger partial charge in [0.25, 0.3) is 5.91 Å². The third-order valence-electron chi connectivity index (χ3n) is 5.31. The number of rotatable bonds is 2. The molecule has 1 amide bonds. The average molecular weight is 384 g/mol. The highest BCUT2D eigenvalue weighted by Gasteiger charge is 2.33. The molecule has 0 N–H and O–H groups in total. The number of carbonyl (C=O) groups excluding carboxylic acids is 1. The van der Waals surface area contributed by atoms with Crippen LogP contribution in [0.5, 0.6) is 0 Å². The summed E-state index contributed by atoms with van der Waals surface area (Å²) in [7, 11) is 2.10. The standard InChI is InChI=1S/C21H22ClN3O2/c1-21(2)13-25(10-9-24(21)3)20(26)15-7-8-18-17(12-15)23-19(27-18)14-5-4-6-16(22)11-14/h4-8,11-12H,9-10,13H2,1-3H3. The van der Waals surface area contributed by atoms with Gasteiger partial charge >= 0.3 is 0 Å². The molecule has 27 heavy (non-hydrogen) atoms. The first kappa shape index (κ1) is 18.0. The Bertz CT molecular complexity index is 1010. The highest BCUT2D eigenvalue weighted by molar-refractivity contribution is 6.30. The van der Waals surface area contributed by atoms with E-state index < -0.39 is 0 Å². The Morgan fingerprint density at radius 3 is 2.74 bits per heavy atom. The minimum absolute atomic E-state index is 0.0328. The molecule has 0 aliphatic carbocycles. The van der Waals surface area contributed by atoms with E-state index in [1.165, 1.54) is 0 Å². The number of nitrogens with zero attached hydrogens (tertiary/aromatic N) is 3. The number of amides is 1. The molecule has 0 spiro atoms. The number of fused-ring (bicyclic) bond motifs is 1. The van der Waals surface area contributed by atoms with Crippen LogP contribution in [0.3, 0.4) is 0 Å². The number of aromatic nitrogens is 1. The lowest BCUT2D eigenvalue weighted by atomic mass is 9.99. The van der Waals surface area contributed by atoms with Gasteiger partial charge in [0, 0.05) is 41.3 Å². The van der Waals surface area contributed by atoms with Gasteiger partial charge in [-0.25, -0.2) is 4.98 Å². The summed E-state index contributed by atoms with van der Waals surface area (Å²) >= 11 is 6.06. The maximum absolute atomic E-state index is 13.0. The van der Waals surface area contributed by atoms with E-state index in [-0.39, 0.29) is 11.4 Å². The van der Waals surface area contributed by atoms with Gasteiger partial charge in [-0.2, -0.15) is 0 Å². The van der Waals surface area contributed by atoms with Gasteiger partial charge in [0.1, 0.15) is 5.52 Å². The van der Waals surface area contributed by atoms with Crippen LogP contribution >= 0.6 is 11.6 Å². The summed E-state index contributed by atoms with van der Waals surface area (Å²) in [5.74, 6) is 0.531. The van der Waals surface area contributed by atoms with E-state index in [0.717, 1.165) is 18.7 Å². The second-order valence-corrected chi connectivity index (χ2v) is 8.11. The van der Waals surface area contributed by atoms with Crippen molar-refractivity contribution < 1.29 is 9.21 Å². The molecular weight excluding hydrogens is 362 g/mol. The zero-order chi connectivity index (χ0) is 19.2. The van der Waals surface area contributed by atoms with E-state index in [9.17, 15) is 4.79 Å². The van der Waals surface area contributed by atoms with Gasteiger partial charge in [0.05, 0.1) is 0 Å². The van der Waals surface area contributed by atoms with E-state index in [1.807, 2.05) is 41.3 Å². The summed E-state index contributed by atoms with van der Waals surface area (Å²) < 4.78 is 5.84. The Hall–Kier alpha value is -2.37. The van der Waals surface area contributed by atoms with Gasteiger partial charge in [0.15, 0.2) is 5.58 Å². The molecule has 6 heteroatoms. The first-order valence-corrected chi connectivity index (χ1v) is 9.38. The van der Waals surface area contributed by atoms with Crippen molar-refractivity contribution in [2.45, 2.75) is 19.4 Å². The fourth-order valence-electron chi connectivity index (χ4n) is 3.40. The Balaban J connectivity index is 1.63. The summed E-state index contributed by atoms with van der Waals surface area (Å²) in [6.45, 7) is 6.61. The molecule has 140 valence electrons. The summed E-state index contributed by atoms with van der Waals surface area (Å²) in [5.41, 5.74) is 2.73. The van der Waals surface area contributed by atoms with Crippen molar-refractivity contribution in [2.75, 3.05) is 26.7 Å². The zero-order valence-electron chi connectivity index (χ0n) is 15.7. The molecule has 0 saturated carbocycles. The van der Waals surface area contributed by atoms with Crippen molar-refractivity contribution in [2.24, 2.45) is 0 Å². The lowest BCUT2D eigenvalue weighted by molar-refractivity contribution is 0.0311. The van der Waals surface area contributed by atoms with Crippen LogP contribution in [0.25, 0.3) is 22.6 Å². The molecule has 5 nitrogen and oxygen atoms in total. The Morgan fingerprint density at radius 1 is 1.19 bits per heavy atom. The van der Waals surface area contributed by atoms with Gasteiger partial charge in [-0.15, -0.1) is 0 Å². The molecule has 2 aromatic carbocycles. The van der Waals surface area contributed by atoms with Crippen LogP contribution in [0.15, 0.2) is 46.9 Å². The molecule has 1 saturated heterocycles. The molecular formula is C21H22ClN3O2. The smallest absolute Gasteiger partial charge is 0.254 e. The molecule has 1 aliphatic rings. The molecule has 3 aromatic rings. The summed E-state index contributed by atoms with van der Waals surface area (Å²) in [6.07, 6.45) is 0. The van der Waals surface area contributed by atoms with Gasteiger partial charge < -0.3 is 9.32 Å². The predicted molar refractivity (Wildman–Crippen MR) is 107 cm³/mol. The Labute approximate surface area is 163 Å². The minimum Gasteiger partial charge on any atom is -0.436 e. The quantitative estimate of drug-likeness (QED) is 0.661. The number of benzene rings is 2. The summed E-state index contributed by atoms with van der Waals surface area (Å²) in [4.78, 5) is 21.7. The second-order valence-electron chi connectivity index (χ2n) is 7.67. The molecule has 0 atom stereocenters. The predicted octanol–water partition coefficient (Wildman–Crippen LogP) is 4.31. The van der Waals surface area contributed by atoms with E-state index in [0.29, 0.717) is 34.1 Å². The maximum Gasteiger partial charge on any atom is 0.254 e. The van der Waals surface area contributed by atoms with Crippen molar-refractivity contribution in [3.8, 4) is 11.5 Å². The Kier molecular flexibility index (Phi) is 4.44. The molecule has 1 aromatic heterocycles. The van der Waals surface area contributed by atoms with Crippen molar-refractivity contribution in [3.05, 3.63) is 53.1 Å². The summed E-state index contributed by atoms with van der Waals surface area (Å²) in [5, 5.41) is 0.628. The number of oxazole rings is 1. The van der Waals surface area contributed by atoms with E-state index >= 15 is 0 Å². The van der Waals surface area contributed by atoms with Crippen LogP contribution in [0.1, 0.15) is 24.2 Å². The van der Waals surface area contributed by atoms with Crippen molar-refractivity contribution in [1.29, 1.82) is 0 Å². The normalized spacial score (nSPS) is 17.4. The van der Waals surface area contributed by atoms with E-state index in [2.05, 4.69) is 30.8 Å². The van der Waals surface area contributed by atoms with E-state index in [4.69, 9.17) is 16.0 Å². The lowest BCUT2D eigenvalue weighted by Gasteiger charge is -2.45.